The van der Waals surface area contributed by atoms with Crippen LogP contribution in [0.5, 0.6) is 0 Å². The summed E-state index contributed by atoms with van der Waals surface area (Å²) < 4.78 is 45.3. The Kier molecular flexibility index (Phi) is 12.0. The summed E-state index contributed by atoms with van der Waals surface area (Å²) in [6, 6.07) is 14.9. The number of anilines is 1. The summed E-state index contributed by atoms with van der Waals surface area (Å²) in [4.78, 5) is 27.9. The van der Waals surface area contributed by atoms with Crippen LogP contribution in [0.1, 0.15) is 49.8 Å². The maximum Gasteiger partial charge on any atom is 0.433 e. The number of amides is 2. The van der Waals surface area contributed by atoms with E-state index in [-0.39, 0.29) is 36.5 Å². The number of aromatic nitrogens is 1. The van der Waals surface area contributed by atoms with Gasteiger partial charge < -0.3 is 26.4 Å². The van der Waals surface area contributed by atoms with Crippen molar-refractivity contribution in [3.8, 4) is 0 Å². The number of hydrogen-bond donors (Lipinski definition) is 4. The van der Waals surface area contributed by atoms with Crippen molar-refractivity contribution in [2.24, 2.45) is 5.73 Å². The molecule has 0 saturated heterocycles. The number of fused-ring (bicyclic) bond motifs is 1. The van der Waals surface area contributed by atoms with Crippen LogP contribution in [0.15, 0.2) is 54.6 Å². The lowest BCUT2D eigenvalue weighted by atomic mass is 9.90. The van der Waals surface area contributed by atoms with Gasteiger partial charge >= 0.3 is 12.3 Å². The molecule has 1 heterocycles. The van der Waals surface area contributed by atoms with Crippen molar-refractivity contribution >= 4 is 40.2 Å². The number of carbonyl (C=O) groups is 2. The molecule has 1 aliphatic rings. The number of halogens is 4. The Morgan fingerprint density at radius 1 is 1.02 bits per heavy atom. The molecule has 5 N–H and O–H groups in total. The van der Waals surface area contributed by atoms with Crippen LogP contribution in [0.4, 0.5) is 23.7 Å². The van der Waals surface area contributed by atoms with Crippen molar-refractivity contribution < 1.29 is 27.5 Å². The summed E-state index contributed by atoms with van der Waals surface area (Å²) in [5, 5.41) is 9.85. The molecule has 1 aromatic heterocycles. The van der Waals surface area contributed by atoms with Crippen LogP contribution in [0, 0.1) is 0 Å². The Morgan fingerprint density at radius 3 is 2.39 bits per heavy atom. The molecule has 0 bridgehead atoms. The summed E-state index contributed by atoms with van der Waals surface area (Å²) >= 11 is 6.08. The Labute approximate surface area is 242 Å². The van der Waals surface area contributed by atoms with Gasteiger partial charge in [-0.25, -0.2) is 9.78 Å². The Balaban J connectivity index is 0.00000226. The molecule has 41 heavy (non-hydrogen) atoms. The fourth-order valence-electron chi connectivity index (χ4n) is 4.58. The quantitative estimate of drug-likeness (QED) is 0.225. The van der Waals surface area contributed by atoms with Gasteiger partial charge in [-0.05, 0) is 69.0 Å². The number of nitrogens with zero attached hydrogens (tertiary/aromatic N) is 1. The van der Waals surface area contributed by atoms with E-state index < -0.39 is 18.0 Å². The monoisotopic (exact) mass is 593 g/mol. The first-order valence-corrected chi connectivity index (χ1v) is 13.8. The number of alkyl halides is 3. The van der Waals surface area contributed by atoms with Crippen molar-refractivity contribution in [2.75, 3.05) is 18.9 Å². The minimum absolute atomic E-state index is 0.00582. The average Bonchev–Trinajstić information content (AvgIpc) is 2.96. The largest absolute Gasteiger partial charge is 0.445 e. The van der Waals surface area contributed by atoms with Crippen molar-refractivity contribution in [2.45, 2.75) is 63.4 Å². The normalized spacial score (nSPS) is 16.7. The van der Waals surface area contributed by atoms with Crippen molar-refractivity contribution in [1.82, 2.24) is 15.6 Å². The fourth-order valence-corrected chi connectivity index (χ4v) is 4.75. The summed E-state index contributed by atoms with van der Waals surface area (Å²) in [6.07, 6.45) is -1.59. The zero-order chi connectivity index (χ0) is 29.8. The van der Waals surface area contributed by atoms with Gasteiger partial charge in [0.05, 0.1) is 5.52 Å². The highest BCUT2D eigenvalue weighted by Crippen LogP contribution is 2.35. The molecule has 0 unspecified atom stereocenters. The number of hydrogen-bond acceptors (Lipinski definition) is 6. The lowest BCUT2D eigenvalue weighted by Gasteiger charge is -2.30. The van der Waals surface area contributed by atoms with Gasteiger partial charge in [0.1, 0.15) is 12.3 Å². The van der Waals surface area contributed by atoms with Crippen molar-refractivity contribution in [1.29, 1.82) is 0 Å². The average molecular weight is 594 g/mol. The van der Waals surface area contributed by atoms with E-state index in [1.54, 1.807) is 6.07 Å². The Hall–Kier alpha value is -3.57. The van der Waals surface area contributed by atoms with Crippen LogP contribution in [0.25, 0.3) is 10.9 Å². The molecule has 222 valence electrons. The molecular weight excluding hydrogens is 559 g/mol. The Bertz CT molecular complexity index is 1290. The van der Waals surface area contributed by atoms with Crippen LogP contribution in [-0.4, -0.2) is 42.7 Å². The van der Waals surface area contributed by atoms with Gasteiger partial charge in [-0.1, -0.05) is 41.9 Å². The topological polar surface area (TPSA) is 118 Å². The molecule has 1 fully saturated rings. The van der Waals surface area contributed by atoms with Gasteiger partial charge in [-0.2, -0.15) is 13.2 Å². The van der Waals surface area contributed by atoms with Crippen molar-refractivity contribution in [3.05, 3.63) is 70.9 Å². The maximum atomic E-state index is 13.4. The molecule has 0 aliphatic heterocycles. The highest BCUT2D eigenvalue weighted by Gasteiger charge is 2.34. The zero-order valence-electron chi connectivity index (χ0n) is 22.8. The number of nitrogens with one attached hydrogen (secondary N) is 3. The van der Waals surface area contributed by atoms with Crippen LogP contribution >= 0.6 is 11.6 Å². The third-order valence-corrected chi connectivity index (χ3v) is 6.81. The lowest BCUT2D eigenvalue weighted by molar-refractivity contribution is -0.140. The number of pyridine rings is 1. The van der Waals surface area contributed by atoms with Crippen LogP contribution in [0.3, 0.4) is 0 Å². The molecule has 0 radical (unpaired) electrons. The highest BCUT2D eigenvalue weighted by molar-refractivity contribution is 6.31. The number of carbonyl (C=O) groups excluding carboxylic acids is 2. The van der Waals surface area contributed by atoms with E-state index in [0.717, 1.165) is 11.6 Å². The standard InChI is InChI=1S/C28H30ClF3N4O3.CH5N/c29-19-8-13-23-22(15-19)24(16-25(36-23)28(30,31)32)34-20-9-11-21(12-10-20)35-26(37)7-4-14-33-27(38)39-17-18-5-2-1-3-6-18;1-2/h1-3,5-6,8,13,15-16,20-21H,4,7,9-12,14,17H2,(H,33,38)(H,34,36)(H,35,37);2H2,1H3. The third kappa shape index (κ3) is 10.1. The van der Waals surface area contributed by atoms with E-state index in [4.69, 9.17) is 16.3 Å². The lowest BCUT2D eigenvalue weighted by Crippen LogP contribution is -2.40. The van der Waals surface area contributed by atoms with Crippen LogP contribution < -0.4 is 21.7 Å². The first-order valence-electron chi connectivity index (χ1n) is 13.4. The molecule has 2 amide bonds. The van der Waals surface area contributed by atoms with E-state index in [1.165, 1.54) is 19.2 Å². The Morgan fingerprint density at radius 2 is 1.71 bits per heavy atom. The zero-order valence-corrected chi connectivity index (χ0v) is 23.5. The molecule has 1 saturated carbocycles. The molecule has 4 rings (SSSR count). The fraction of sp³-hybridized carbons (Fsp3) is 0.414. The minimum Gasteiger partial charge on any atom is -0.445 e. The smallest absolute Gasteiger partial charge is 0.433 e. The van der Waals surface area contributed by atoms with Gasteiger partial charge in [0.2, 0.25) is 5.91 Å². The second-order valence-electron chi connectivity index (χ2n) is 9.57. The molecule has 0 spiro atoms. The molecule has 12 heteroatoms. The number of rotatable bonds is 9. The molecule has 8 nitrogen and oxygen atoms in total. The van der Waals surface area contributed by atoms with Crippen LogP contribution in [-0.2, 0) is 22.3 Å². The predicted molar refractivity (Wildman–Crippen MR) is 154 cm³/mol. The van der Waals surface area contributed by atoms with Gasteiger partial charge in [0.15, 0.2) is 0 Å². The molecule has 1 aliphatic carbocycles. The maximum absolute atomic E-state index is 13.4. The van der Waals surface area contributed by atoms with E-state index in [0.29, 0.717) is 54.7 Å². The summed E-state index contributed by atoms with van der Waals surface area (Å²) in [5.74, 6) is -0.101. The second-order valence-corrected chi connectivity index (χ2v) is 10.0. The van der Waals surface area contributed by atoms with E-state index in [2.05, 4.69) is 26.7 Å². The minimum atomic E-state index is -4.57. The number of ether oxygens (including phenoxy) is 1. The number of nitrogens with two attached hydrogens (primary N) is 1. The van der Waals surface area contributed by atoms with Crippen molar-refractivity contribution in [3.63, 3.8) is 0 Å². The molecular formula is C29H35ClF3N5O3. The first-order chi connectivity index (χ1) is 19.7. The van der Waals surface area contributed by atoms with Gasteiger partial charge in [0.25, 0.3) is 0 Å². The summed E-state index contributed by atoms with van der Waals surface area (Å²) in [6.45, 7) is 0.501. The molecule has 3 aromatic rings. The third-order valence-electron chi connectivity index (χ3n) is 6.58. The van der Waals surface area contributed by atoms with Gasteiger partial charge in [0, 0.05) is 41.1 Å². The van der Waals surface area contributed by atoms with Crippen LogP contribution in [0.2, 0.25) is 5.02 Å². The SMILES string of the molecule is CN.O=C(CCCNC(=O)OCc1ccccc1)NC1CCC(Nc2cc(C(F)(F)F)nc3ccc(Cl)cc23)CC1. The number of benzene rings is 2. The first kappa shape index (κ1) is 32.0. The predicted octanol–water partition coefficient (Wildman–Crippen LogP) is 6.03. The van der Waals surface area contributed by atoms with E-state index in [9.17, 15) is 22.8 Å². The van der Waals surface area contributed by atoms with Gasteiger partial charge in [-0.15, -0.1) is 0 Å². The number of alkyl carbamates (subject to hydrolysis) is 1. The van der Waals surface area contributed by atoms with E-state index >= 15 is 0 Å². The molecule has 2 aromatic carbocycles. The van der Waals surface area contributed by atoms with E-state index in [1.807, 2.05) is 30.3 Å². The molecule has 0 atom stereocenters. The summed E-state index contributed by atoms with van der Waals surface area (Å²) in [5.41, 5.74) is 5.00. The summed E-state index contributed by atoms with van der Waals surface area (Å²) in [7, 11) is 1.50. The highest BCUT2D eigenvalue weighted by atomic mass is 35.5. The second kappa shape index (κ2) is 15.4. The van der Waals surface area contributed by atoms with Gasteiger partial charge in [-0.3, -0.25) is 4.79 Å².